The van der Waals surface area contributed by atoms with Gasteiger partial charge in [0, 0.05) is 37.0 Å². The maximum atomic E-state index is 13.3. The average Bonchev–Trinajstić information content (AvgIpc) is 3.13. The number of ether oxygens (including phenoxy) is 2. The van der Waals surface area contributed by atoms with E-state index >= 15 is 0 Å². The van der Waals surface area contributed by atoms with Crippen LogP contribution in [0.15, 0.2) is 23.5 Å². The lowest BCUT2D eigenvalue weighted by Gasteiger charge is -2.17. The molecule has 0 saturated heterocycles. The molecule has 1 unspecified atom stereocenters. The van der Waals surface area contributed by atoms with Crippen molar-refractivity contribution < 1.29 is 18.5 Å². The molecule has 30 heavy (non-hydrogen) atoms. The fourth-order valence-corrected chi connectivity index (χ4v) is 4.31. The topological polar surface area (TPSA) is 99.4 Å². The number of fused-ring (bicyclic) bond motifs is 1. The minimum Gasteiger partial charge on any atom is -0.496 e. The van der Waals surface area contributed by atoms with E-state index in [1.54, 1.807) is 32.5 Å². The van der Waals surface area contributed by atoms with Crippen molar-refractivity contribution in [2.75, 3.05) is 27.8 Å². The molecule has 3 heterocycles. The van der Waals surface area contributed by atoms with E-state index in [1.807, 2.05) is 20.8 Å². The fourth-order valence-electron chi connectivity index (χ4n) is 3.07. The Bertz CT molecular complexity index is 1130. The first-order chi connectivity index (χ1) is 14.3. The highest BCUT2D eigenvalue weighted by molar-refractivity contribution is 7.84. The maximum Gasteiger partial charge on any atom is 0.331 e. The molecule has 3 aromatic rings. The highest BCUT2D eigenvalue weighted by Gasteiger charge is 2.25. The molecular formula is C20H25N5O4S. The van der Waals surface area contributed by atoms with Crippen LogP contribution in [0, 0.1) is 13.8 Å². The van der Waals surface area contributed by atoms with Crippen LogP contribution in [-0.2, 0) is 16.6 Å². The van der Waals surface area contributed by atoms with Crippen molar-refractivity contribution >= 4 is 28.0 Å². The van der Waals surface area contributed by atoms with Crippen molar-refractivity contribution in [1.29, 1.82) is 0 Å². The van der Waals surface area contributed by atoms with Gasteiger partial charge >= 0.3 is 6.03 Å². The van der Waals surface area contributed by atoms with Crippen molar-refractivity contribution in [3.8, 4) is 11.6 Å². The number of hydrogen-bond donors (Lipinski definition) is 0. The zero-order valence-electron chi connectivity index (χ0n) is 17.9. The van der Waals surface area contributed by atoms with Crippen LogP contribution in [0.1, 0.15) is 23.7 Å². The van der Waals surface area contributed by atoms with Crippen LogP contribution in [0.4, 0.5) is 4.79 Å². The summed E-state index contributed by atoms with van der Waals surface area (Å²) in [6, 6.07) is 2.97. The number of aryl methyl sites for hydroxylation is 1. The van der Waals surface area contributed by atoms with Gasteiger partial charge in [0.25, 0.3) is 0 Å². The summed E-state index contributed by atoms with van der Waals surface area (Å²) in [6.07, 6.45) is 1.68. The number of nitrogens with zero attached hydrogens (tertiary/aromatic N) is 5. The second-order valence-electron chi connectivity index (χ2n) is 6.76. The van der Waals surface area contributed by atoms with Gasteiger partial charge in [-0.2, -0.15) is 4.98 Å². The number of pyridine rings is 2. The average molecular weight is 432 g/mol. The normalized spacial score (nSPS) is 12.1. The zero-order chi connectivity index (χ0) is 22.0. The number of aromatic nitrogens is 4. The molecule has 0 aliphatic carbocycles. The van der Waals surface area contributed by atoms with Crippen LogP contribution in [0.3, 0.4) is 0 Å². The molecule has 9 nitrogen and oxygen atoms in total. The van der Waals surface area contributed by atoms with Gasteiger partial charge in [-0.05, 0) is 26.8 Å². The van der Waals surface area contributed by atoms with Crippen molar-refractivity contribution in [2.24, 2.45) is 0 Å². The summed E-state index contributed by atoms with van der Waals surface area (Å²) >= 11 is 0. The number of rotatable bonds is 6. The molecule has 3 aromatic heterocycles. The molecule has 0 aliphatic rings. The molecule has 1 amide bonds. The second-order valence-corrected chi connectivity index (χ2v) is 8.10. The Hall–Kier alpha value is -3.01. The van der Waals surface area contributed by atoms with Gasteiger partial charge in [0.2, 0.25) is 11.0 Å². The smallest absolute Gasteiger partial charge is 0.331 e. The van der Waals surface area contributed by atoms with Crippen molar-refractivity contribution in [3.05, 3.63) is 35.2 Å². The van der Waals surface area contributed by atoms with E-state index in [9.17, 15) is 9.00 Å². The lowest BCUT2D eigenvalue weighted by Crippen LogP contribution is -2.32. The van der Waals surface area contributed by atoms with Crippen LogP contribution in [0.2, 0.25) is 0 Å². The number of amides is 1. The molecular weight excluding hydrogens is 406 g/mol. The lowest BCUT2D eigenvalue weighted by atomic mass is 10.1. The van der Waals surface area contributed by atoms with Gasteiger partial charge in [0.15, 0.2) is 5.65 Å². The van der Waals surface area contributed by atoms with E-state index < -0.39 is 10.8 Å². The molecule has 3 rings (SSSR count). The summed E-state index contributed by atoms with van der Waals surface area (Å²) in [4.78, 5) is 27.8. The van der Waals surface area contributed by atoms with Gasteiger partial charge in [-0.15, -0.1) is 0 Å². The highest BCUT2D eigenvalue weighted by atomic mass is 32.2. The number of carbonyl (C=O) groups is 1. The number of imidazole rings is 1. The number of carbonyl (C=O) groups excluding carboxylic acids is 1. The third-order valence-electron chi connectivity index (χ3n) is 4.87. The van der Waals surface area contributed by atoms with E-state index in [1.165, 1.54) is 16.6 Å². The molecule has 160 valence electrons. The minimum absolute atomic E-state index is 0.0893. The minimum atomic E-state index is -1.65. The molecule has 10 heteroatoms. The van der Waals surface area contributed by atoms with Gasteiger partial charge < -0.3 is 14.4 Å². The van der Waals surface area contributed by atoms with E-state index in [0.29, 0.717) is 35.0 Å². The predicted octanol–water partition coefficient (Wildman–Crippen LogP) is 2.69. The maximum absolute atomic E-state index is 13.3. The number of hydrogen-bond acceptors (Lipinski definition) is 7. The van der Waals surface area contributed by atoms with Crippen molar-refractivity contribution in [3.63, 3.8) is 0 Å². The van der Waals surface area contributed by atoms with Gasteiger partial charge in [0.1, 0.15) is 11.3 Å². The zero-order valence-corrected chi connectivity index (χ0v) is 18.7. The number of methoxy groups -OCH3 is 2. The Morgan fingerprint density at radius 2 is 1.93 bits per heavy atom. The first kappa shape index (κ1) is 21.7. The summed E-state index contributed by atoms with van der Waals surface area (Å²) in [7, 11) is 3.10. The molecule has 0 fully saturated rings. The van der Waals surface area contributed by atoms with Crippen LogP contribution < -0.4 is 9.47 Å². The molecule has 0 aromatic carbocycles. The summed E-state index contributed by atoms with van der Waals surface area (Å²) in [5, 5.41) is 0.122. The first-order valence-electron chi connectivity index (χ1n) is 9.38. The van der Waals surface area contributed by atoms with Crippen LogP contribution in [-0.4, -0.2) is 62.5 Å². The predicted molar refractivity (Wildman–Crippen MR) is 114 cm³/mol. The van der Waals surface area contributed by atoms with Crippen LogP contribution in [0.5, 0.6) is 11.6 Å². The molecule has 1 atom stereocenters. The summed E-state index contributed by atoms with van der Waals surface area (Å²) < 4.78 is 25.2. The molecule has 0 aliphatic heterocycles. The van der Waals surface area contributed by atoms with Gasteiger partial charge in [-0.25, -0.2) is 14.3 Å². The lowest BCUT2D eigenvalue weighted by molar-refractivity contribution is 0.211. The molecule has 0 saturated carbocycles. The van der Waals surface area contributed by atoms with Crippen molar-refractivity contribution in [2.45, 2.75) is 31.7 Å². The van der Waals surface area contributed by atoms with E-state index in [0.717, 1.165) is 11.1 Å². The summed E-state index contributed by atoms with van der Waals surface area (Å²) in [5.74, 6) is 1.14. The highest BCUT2D eigenvalue weighted by Crippen LogP contribution is 2.27. The quantitative estimate of drug-likeness (QED) is 0.592. The van der Waals surface area contributed by atoms with Gasteiger partial charge in [-0.1, -0.05) is 0 Å². The van der Waals surface area contributed by atoms with E-state index in [2.05, 4.69) is 15.0 Å². The standard InChI is InChI=1S/C20H25N5O4S/c1-7-24(4)20(26)25-18-14(8-9-16(23-18)28-5)22-19(25)30(27)11-15-13(3)17(29-6)12(2)10-21-15/h8-10H,7,11H2,1-6H3. The van der Waals surface area contributed by atoms with Crippen molar-refractivity contribution in [1.82, 2.24) is 24.4 Å². The Labute approximate surface area is 177 Å². The molecule has 0 N–H and O–H groups in total. The molecule has 0 bridgehead atoms. The van der Waals surface area contributed by atoms with Crippen LogP contribution in [0.25, 0.3) is 11.2 Å². The van der Waals surface area contributed by atoms with E-state index in [4.69, 9.17) is 9.47 Å². The van der Waals surface area contributed by atoms with Crippen LogP contribution >= 0.6 is 0 Å². The Balaban J connectivity index is 2.11. The Morgan fingerprint density at radius 1 is 1.20 bits per heavy atom. The SMILES string of the molecule is CCN(C)C(=O)n1c(S(=O)Cc2ncc(C)c(OC)c2C)nc2ccc(OC)nc21. The summed E-state index contributed by atoms with van der Waals surface area (Å²) in [6.45, 7) is 6.10. The third-order valence-corrected chi connectivity index (χ3v) is 6.09. The van der Waals surface area contributed by atoms with E-state index in [-0.39, 0.29) is 16.9 Å². The Morgan fingerprint density at radius 3 is 2.57 bits per heavy atom. The largest absolute Gasteiger partial charge is 0.496 e. The van der Waals surface area contributed by atoms with Gasteiger partial charge in [0.05, 0.1) is 36.5 Å². The first-order valence-corrected chi connectivity index (χ1v) is 10.7. The monoisotopic (exact) mass is 431 g/mol. The Kier molecular flexibility index (Phi) is 6.35. The fraction of sp³-hybridized carbons (Fsp3) is 0.400. The summed E-state index contributed by atoms with van der Waals surface area (Å²) in [5.41, 5.74) is 3.09. The third kappa shape index (κ3) is 3.87. The second kappa shape index (κ2) is 8.78. The molecule has 0 spiro atoms. The van der Waals surface area contributed by atoms with Gasteiger partial charge in [-0.3, -0.25) is 9.19 Å². The molecule has 0 radical (unpaired) electrons.